The van der Waals surface area contributed by atoms with Crippen molar-refractivity contribution in [1.29, 1.82) is 0 Å². The molecule has 102 valence electrons. The van der Waals surface area contributed by atoms with Crippen molar-refractivity contribution < 1.29 is 9.84 Å². The highest BCUT2D eigenvalue weighted by molar-refractivity contribution is 6.31. The van der Waals surface area contributed by atoms with Gasteiger partial charge in [0.2, 0.25) is 0 Å². The summed E-state index contributed by atoms with van der Waals surface area (Å²) in [4.78, 5) is 0. The van der Waals surface area contributed by atoms with Crippen molar-refractivity contribution in [3.8, 4) is 5.75 Å². The molecule has 0 amide bonds. The van der Waals surface area contributed by atoms with Crippen molar-refractivity contribution in [2.75, 3.05) is 20.3 Å². The van der Waals surface area contributed by atoms with E-state index >= 15 is 0 Å². The van der Waals surface area contributed by atoms with Crippen molar-refractivity contribution in [1.82, 2.24) is 5.32 Å². The summed E-state index contributed by atoms with van der Waals surface area (Å²) in [5, 5.41) is 12.8. The number of hydrogen-bond donors (Lipinski definition) is 2. The maximum absolute atomic E-state index is 8.66. The quantitative estimate of drug-likeness (QED) is 0.679. The number of nitrogens with one attached hydrogen (secondary N) is 1. The molecule has 1 aromatic rings. The number of ether oxygens (including phenoxy) is 1. The fraction of sp³-hybridized carbons (Fsp3) is 0.571. The zero-order valence-electron chi connectivity index (χ0n) is 10.9. The van der Waals surface area contributed by atoms with E-state index in [4.69, 9.17) is 21.4 Å². The van der Waals surface area contributed by atoms with E-state index in [2.05, 4.69) is 5.32 Å². The third-order valence-corrected chi connectivity index (χ3v) is 3.21. The molecule has 0 saturated carbocycles. The van der Waals surface area contributed by atoms with Crippen LogP contribution < -0.4 is 10.1 Å². The molecule has 2 N–H and O–H groups in total. The fourth-order valence-corrected chi connectivity index (χ4v) is 2.06. The molecule has 0 saturated heterocycles. The smallest absolute Gasteiger partial charge is 0.124 e. The van der Waals surface area contributed by atoms with Crippen LogP contribution in [-0.2, 0) is 6.54 Å². The van der Waals surface area contributed by atoms with Gasteiger partial charge in [-0.15, -0.1) is 0 Å². The van der Waals surface area contributed by atoms with E-state index in [0.29, 0.717) is 6.61 Å². The SMILES string of the molecule is COc1cccc(Cl)c1CNCCCCCCO. The molecule has 0 bridgehead atoms. The minimum absolute atomic E-state index is 0.296. The number of hydrogen-bond acceptors (Lipinski definition) is 3. The van der Waals surface area contributed by atoms with Crippen LogP contribution in [0.3, 0.4) is 0 Å². The van der Waals surface area contributed by atoms with Gasteiger partial charge >= 0.3 is 0 Å². The summed E-state index contributed by atoms with van der Waals surface area (Å²) >= 11 is 6.14. The Hall–Kier alpha value is -0.770. The Labute approximate surface area is 114 Å². The van der Waals surface area contributed by atoms with E-state index in [0.717, 1.165) is 55.1 Å². The molecular formula is C14H22ClNO2. The summed E-state index contributed by atoms with van der Waals surface area (Å²) in [6.45, 7) is 1.98. The largest absolute Gasteiger partial charge is 0.496 e. The standard InChI is InChI=1S/C14H22ClNO2/c1-18-14-8-6-7-13(15)12(14)11-16-9-4-2-3-5-10-17/h6-8,16-17H,2-5,9-11H2,1H3. The zero-order valence-corrected chi connectivity index (χ0v) is 11.7. The van der Waals surface area contributed by atoms with E-state index in [1.165, 1.54) is 0 Å². The third kappa shape index (κ3) is 5.25. The first-order valence-electron chi connectivity index (χ1n) is 6.42. The van der Waals surface area contributed by atoms with Crippen molar-refractivity contribution in [3.05, 3.63) is 28.8 Å². The summed E-state index contributed by atoms with van der Waals surface area (Å²) in [5.41, 5.74) is 1.01. The normalized spacial score (nSPS) is 10.6. The number of unbranched alkanes of at least 4 members (excludes halogenated alkanes) is 3. The van der Waals surface area contributed by atoms with E-state index < -0.39 is 0 Å². The minimum atomic E-state index is 0.296. The second-order valence-electron chi connectivity index (χ2n) is 4.24. The summed E-state index contributed by atoms with van der Waals surface area (Å²) in [6, 6.07) is 5.69. The van der Waals surface area contributed by atoms with Crippen molar-refractivity contribution in [2.45, 2.75) is 32.2 Å². The maximum atomic E-state index is 8.66. The van der Waals surface area contributed by atoms with Crippen molar-refractivity contribution in [3.63, 3.8) is 0 Å². The first kappa shape index (κ1) is 15.3. The molecule has 0 aliphatic rings. The topological polar surface area (TPSA) is 41.5 Å². The van der Waals surface area contributed by atoms with Crippen LogP contribution in [-0.4, -0.2) is 25.4 Å². The molecule has 0 fully saturated rings. The highest BCUT2D eigenvalue weighted by Gasteiger charge is 2.06. The molecule has 0 heterocycles. The Bertz CT molecular complexity index is 345. The molecule has 18 heavy (non-hydrogen) atoms. The molecule has 1 aromatic carbocycles. The molecule has 0 radical (unpaired) electrons. The molecule has 0 spiro atoms. The van der Waals surface area contributed by atoms with Gasteiger partial charge in [0.1, 0.15) is 5.75 Å². The van der Waals surface area contributed by atoms with E-state index in [1.54, 1.807) is 7.11 Å². The van der Waals surface area contributed by atoms with Gasteiger partial charge in [-0.1, -0.05) is 30.5 Å². The van der Waals surface area contributed by atoms with Gasteiger partial charge in [-0.25, -0.2) is 0 Å². The van der Waals surface area contributed by atoms with Gasteiger partial charge in [-0.2, -0.15) is 0 Å². The number of rotatable bonds is 9. The highest BCUT2D eigenvalue weighted by atomic mass is 35.5. The number of methoxy groups -OCH3 is 1. The molecule has 3 nitrogen and oxygen atoms in total. The van der Waals surface area contributed by atoms with E-state index in [1.807, 2.05) is 18.2 Å². The van der Waals surface area contributed by atoms with Gasteiger partial charge in [0.25, 0.3) is 0 Å². The van der Waals surface area contributed by atoms with Crippen LogP contribution >= 0.6 is 11.6 Å². The fourth-order valence-electron chi connectivity index (χ4n) is 1.83. The first-order chi connectivity index (χ1) is 8.79. The van der Waals surface area contributed by atoms with Gasteiger partial charge in [0.15, 0.2) is 0 Å². The van der Waals surface area contributed by atoms with Gasteiger partial charge in [-0.3, -0.25) is 0 Å². The van der Waals surface area contributed by atoms with Crippen LogP contribution in [0.25, 0.3) is 0 Å². The monoisotopic (exact) mass is 271 g/mol. The van der Waals surface area contributed by atoms with Gasteiger partial charge in [0.05, 0.1) is 7.11 Å². The second-order valence-corrected chi connectivity index (χ2v) is 4.64. The Morgan fingerprint density at radius 2 is 2.00 bits per heavy atom. The van der Waals surface area contributed by atoms with Crippen LogP contribution in [0.5, 0.6) is 5.75 Å². The first-order valence-corrected chi connectivity index (χ1v) is 6.80. The van der Waals surface area contributed by atoms with Crippen LogP contribution in [0.4, 0.5) is 0 Å². The van der Waals surface area contributed by atoms with Crippen molar-refractivity contribution >= 4 is 11.6 Å². The van der Waals surface area contributed by atoms with Crippen molar-refractivity contribution in [2.24, 2.45) is 0 Å². The highest BCUT2D eigenvalue weighted by Crippen LogP contribution is 2.25. The average molecular weight is 272 g/mol. The lowest BCUT2D eigenvalue weighted by molar-refractivity contribution is 0.282. The molecule has 1 rings (SSSR count). The average Bonchev–Trinajstić information content (AvgIpc) is 2.39. The van der Waals surface area contributed by atoms with E-state index in [-0.39, 0.29) is 0 Å². The van der Waals surface area contributed by atoms with Crippen LogP contribution in [0.1, 0.15) is 31.2 Å². The zero-order chi connectivity index (χ0) is 13.2. The van der Waals surface area contributed by atoms with Gasteiger partial charge in [-0.05, 0) is 31.5 Å². The lowest BCUT2D eigenvalue weighted by Gasteiger charge is -2.11. The Kier molecular flexibility index (Phi) is 7.81. The van der Waals surface area contributed by atoms with Gasteiger partial charge in [0, 0.05) is 23.7 Å². The number of aliphatic hydroxyl groups is 1. The molecule has 0 aromatic heterocycles. The second kappa shape index (κ2) is 9.20. The molecule has 0 aliphatic heterocycles. The predicted octanol–water partition coefficient (Wildman–Crippen LogP) is 2.99. The maximum Gasteiger partial charge on any atom is 0.124 e. The Balaban J connectivity index is 2.26. The summed E-state index contributed by atoms with van der Waals surface area (Å²) in [7, 11) is 1.66. The summed E-state index contributed by atoms with van der Waals surface area (Å²) in [6.07, 6.45) is 4.26. The molecule has 0 unspecified atom stereocenters. The molecule has 0 atom stereocenters. The Morgan fingerprint density at radius 1 is 1.22 bits per heavy atom. The number of benzene rings is 1. The molecule has 4 heteroatoms. The molecular weight excluding hydrogens is 250 g/mol. The molecule has 0 aliphatic carbocycles. The van der Waals surface area contributed by atoms with Crippen LogP contribution in [0.2, 0.25) is 5.02 Å². The Morgan fingerprint density at radius 3 is 2.72 bits per heavy atom. The van der Waals surface area contributed by atoms with Crippen LogP contribution in [0, 0.1) is 0 Å². The lowest BCUT2D eigenvalue weighted by atomic mass is 10.2. The summed E-state index contributed by atoms with van der Waals surface area (Å²) < 4.78 is 5.28. The van der Waals surface area contributed by atoms with E-state index in [9.17, 15) is 0 Å². The summed E-state index contributed by atoms with van der Waals surface area (Å²) in [5.74, 6) is 0.829. The number of halogens is 1. The minimum Gasteiger partial charge on any atom is -0.496 e. The van der Waals surface area contributed by atoms with Gasteiger partial charge < -0.3 is 15.2 Å². The van der Waals surface area contributed by atoms with Crippen LogP contribution in [0.15, 0.2) is 18.2 Å². The lowest BCUT2D eigenvalue weighted by Crippen LogP contribution is -2.15. The number of aliphatic hydroxyl groups excluding tert-OH is 1. The third-order valence-electron chi connectivity index (χ3n) is 2.86. The predicted molar refractivity (Wildman–Crippen MR) is 75.3 cm³/mol.